The zero-order valence-corrected chi connectivity index (χ0v) is 20.7. The molecule has 36 heavy (non-hydrogen) atoms. The van der Waals surface area contributed by atoms with Gasteiger partial charge in [0.2, 0.25) is 10.0 Å². The van der Waals surface area contributed by atoms with Gasteiger partial charge in [0.25, 0.3) is 5.91 Å². The second-order valence-electron chi connectivity index (χ2n) is 8.43. The Morgan fingerprint density at radius 3 is 2.03 bits per heavy atom. The van der Waals surface area contributed by atoms with Crippen LogP contribution in [0.25, 0.3) is 11.1 Å². The molecule has 0 spiro atoms. The highest BCUT2D eigenvalue weighted by molar-refractivity contribution is 7.89. The molecule has 3 aromatic rings. The summed E-state index contributed by atoms with van der Waals surface area (Å²) in [5, 5.41) is 4.00. The average molecular weight is 506 g/mol. The molecule has 0 bridgehead atoms. The molecule has 1 aliphatic heterocycles. The van der Waals surface area contributed by atoms with E-state index in [1.165, 1.54) is 41.7 Å². The Kier molecular flexibility index (Phi) is 7.92. The van der Waals surface area contributed by atoms with Crippen molar-refractivity contribution < 1.29 is 22.7 Å². The minimum absolute atomic E-state index is 0.186. The van der Waals surface area contributed by atoms with Crippen LogP contribution in [0, 0.1) is 0 Å². The number of nitrogens with one attached hydrogen (secondary N) is 1. The van der Waals surface area contributed by atoms with Crippen LogP contribution in [0.4, 0.5) is 0 Å². The third-order valence-corrected chi connectivity index (χ3v) is 7.72. The maximum Gasteiger partial charge on any atom is 0.308 e. The molecule has 1 aliphatic rings. The Bertz CT molecular complexity index is 1340. The van der Waals surface area contributed by atoms with Crippen LogP contribution in [0.15, 0.2) is 82.8 Å². The van der Waals surface area contributed by atoms with E-state index in [2.05, 4.69) is 10.5 Å². The Hall–Kier alpha value is -3.82. The van der Waals surface area contributed by atoms with Crippen LogP contribution in [0.2, 0.25) is 0 Å². The first kappa shape index (κ1) is 25.3. The number of benzene rings is 3. The standard InChI is InChI=1S/C27H27N3O5S/c1-20(31)35-25-13-9-23(10-14-25)22-7-5-21(6-8-22)19-28-29-27(32)24-11-15-26(16-12-24)36(33,34)30-17-3-2-4-18-30/h5-16,19H,2-4,17-18H2,1H3,(H,29,32)/b28-19+. The molecule has 9 heteroatoms. The molecular formula is C27H27N3O5S. The van der Waals surface area contributed by atoms with E-state index in [4.69, 9.17) is 4.74 Å². The molecule has 3 aromatic carbocycles. The Labute approximate surface area is 210 Å². The zero-order valence-electron chi connectivity index (χ0n) is 19.9. The largest absolute Gasteiger partial charge is 0.427 e. The smallest absolute Gasteiger partial charge is 0.308 e. The molecule has 0 atom stereocenters. The second-order valence-corrected chi connectivity index (χ2v) is 10.4. The number of esters is 1. The molecule has 1 N–H and O–H groups in total. The lowest BCUT2D eigenvalue weighted by atomic mass is 10.0. The topological polar surface area (TPSA) is 105 Å². The summed E-state index contributed by atoms with van der Waals surface area (Å²) in [5.41, 5.74) is 5.52. The molecule has 0 radical (unpaired) electrons. The van der Waals surface area contributed by atoms with Gasteiger partial charge >= 0.3 is 5.97 Å². The third-order valence-electron chi connectivity index (χ3n) is 5.81. The van der Waals surface area contributed by atoms with E-state index in [0.717, 1.165) is 36.0 Å². The van der Waals surface area contributed by atoms with E-state index in [1.807, 2.05) is 36.4 Å². The number of hydrogen-bond acceptors (Lipinski definition) is 6. The summed E-state index contributed by atoms with van der Waals surface area (Å²) >= 11 is 0. The number of amides is 1. The summed E-state index contributed by atoms with van der Waals surface area (Å²) in [4.78, 5) is 23.6. The minimum Gasteiger partial charge on any atom is -0.427 e. The minimum atomic E-state index is -3.54. The molecule has 0 aromatic heterocycles. The first-order valence-electron chi connectivity index (χ1n) is 11.7. The summed E-state index contributed by atoms with van der Waals surface area (Å²) in [6.07, 6.45) is 4.31. The fraction of sp³-hybridized carbons (Fsp3) is 0.222. The average Bonchev–Trinajstić information content (AvgIpc) is 2.90. The van der Waals surface area contributed by atoms with Gasteiger partial charge in [-0.05, 0) is 65.9 Å². The van der Waals surface area contributed by atoms with Gasteiger partial charge in [0.1, 0.15) is 5.75 Å². The SMILES string of the molecule is CC(=O)Oc1ccc(-c2ccc(/C=N/NC(=O)c3ccc(S(=O)(=O)N4CCCCC4)cc3)cc2)cc1. The zero-order chi connectivity index (χ0) is 25.5. The highest BCUT2D eigenvalue weighted by atomic mass is 32.2. The number of ether oxygens (including phenoxy) is 1. The van der Waals surface area contributed by atoms with Crippen molar-refractivity contribution >= 4 is 28.1 Å². The van der Waals surface area contributed by atoms with Gasteiger partial charge in [-0.3, -0.25) is 9.59 Å². The van der Waals surface area contributed by atoms with Crippen molar-refractivity contribution in [2.24, 2.45) is 5.10 Å². The summed E-state index contributed by atoms with van der Waals surface area (Å²) in [6.45, 7) is 2.42. The van der Waals surface area contributed by atoms with Crippen LogP contribution < -0.4 is 10.2 Å². The number of hydrazone groups is 1. The van der Waals surface area contributed by atoms with Crippen molar-refractivity contribution in [1.29, 1.82) is 0 Å². The molecule has 186 valence electrons. The van der Waals surface area contributed by atoms with Gasteiger partial charge < -0.3 is 4.74 Å². The predicted octanol–water partition coefficient (Wildman–Crippen LogP) is 4.22. The van der Waals surface area contributed by atoms with Crippen molar-refractivity contribution in [2.75, 3.05) is 13.1 Å². The summed E-state index contributed by atoms with van der Waals surface area (Å²) in [6, 6.07) is 20.7. The van der Waals surface area contributed by atoms with Crippen LogP contribution in [0.5, 0.6) is 5.75 Å². The molecule has 8 nitrogen and oxygen atoms in total. The molecule has 1 saturated heterocycles. The van der Waals surface area contributed by atoms with E-state index in [0.29, 0.717) is 24.4 Å². The number of rotatable bonds is 7. The van der Waals surface area contributed by atoms with E-state index in [9.17, 15) is 18.0 Å². The van der Waals surface area contributed by atoms with Crippen LogP contribution >= 0.6 is 0 Å². The van der Waals surface area contributed by atoms with Gasteiger partial charge in [0.15, 0.2) is 0 Å². The maximum atomic E-state index is 12.7. The van der Waals surface area contributed by atoms with Crippen molar-refractivity contribution in [3.05, 3.63) is 83.9 Å². The number of carbonyl (C=O) groups is 2. The lowest BCUT2D eigenvalue weighted by Crippen LogP contribution is -2.35. The van der Waals surface area contributed by atoms with Gasteiger partial charge in [-0.15, -0.1) is 0 Å². The monoisotopic (exact) mass is 505 g/mol. The molecular weight excluding hydrogens is 478 g/mol. The van der Waals surface area contributed by atoms with Crippen LogP contribution in [0.3, 0.4) is 0 Å². The Morgan fingerprint density at radius 2 is 1.44 bits per heavy atom. The third kappa shape index (κ3) is 6.24. The lowest BCUT2D eigenvalue weighted by molar-refractivity contribution is -0.131. The predicted molar refractivity (Wildman–Crippen MR) is 137 cm³/mol. The second kappa shape index (κ2) is 11.3. The van der Waals surface area contributed by atoms with Crippen LogP contribution in [-0.2, 0) is 14.8 Å². The fourth-order valence-electron chi connectivity index (χ4n) is 3.91. The number of sulfonamides is 1. The maximum absolute atomic E-state index is 12.7. The van der Waals surface area contributed by atoms with Gasteiger partial charge in [-0.25, -0.2) is 13.8 Å². The lowest BCUT2D eigenvalue weighted by Gasteiger charge is -2.25. The van der Waals surface area contributed by atoms with Gasteiger partial charge in [-0.1, -0.05) is 42.8 Å². The normalized spacial score (nSPS) is 14.5. The first-order valence-corrected chi connectivity index (χ1v) is 13.1. The number of hydrogen-bond donors (Lipinski definition) is 1. The van der Waals surface area contributed by atoms with E-state index < -0.39 is 15.9 Å². The highest BCUT2D eigenvalue weighted by Gasteiger charge is 2.25. The van der Waals surface area contributed by atoms with E-state index >= 15 is 0 Å². The Morgan fingerprint density at radius 1 is 0.861 bits per heavy atom. The Balaban J connectivity index is 1.34. The van der Waals surface area contributed by atoms with Crippen molar-refractivity contribution in [3.63, 3.8) is 0 Å². The fourth-order valence-corrected chi connectivity index (χ4v) is 5.42. The molecule has 0 unspecified atom stereocenters. The molecule has 1 amide bonds. The van der Waals surface area contributed by atoms with Gasteiger partial charge in [-0.2, -0.15) is 9.41 Å². The first-order chi connectivity index (χ1) is 17.3. The van der Waals surface area contributed by atoms with Crippen LogP contribution in [0.1, 0.15) is 42.1 Å². The van der Waals surface area contributed by atoms with Crippen molar-refractivity contribution in [2.45, 2.75) is 31.1 Å². The summed E-state index contributed by atoms with van der Waals surface area (Å²) in [5.74, 6) is -0.307. The summed E-state index contributed by atoms with van der Waals surface area (Å²) < 4.78 is 32.0. The van der Waals surface area contributed by atoms with Crippen molar-refractivity contribution in [1.82, 2.24) is 9.73 Å². The molecule has 0 aliphatic carbocycles. The summed E-state index contributed by atoms with van der Waals surface area (Å²) in [7, 11) is -3.54. The molecule has 1 heterocycles. The number of nitrogens with zero attached hydrogens (tertiary/aromatic N) is 2. The molecule has 4 rings (SSSR count). The van der Waals surface area contributed by atoms with Crippen molar-refractivity contribution in [3.8, 4) is 16.9 Å². The van der Waals surface area contributed by atoms with Gasteiger partial charge in [0.05, 0.1) is 11.1 Å². The van der Waals surface area contributed by atoms with E-state index in [-0.39, 0.29) is 10.9 Å². The highest BCUT2D eigenvalue weighted by Crippen LogP contribution is 2.23. The van der Waals surface area contributed by atoms with Gasteiger partial charge in [0, 0.05) is 25.6 Å². The number of carbonyl (C=O) groups excluding carboxylic acids is 2. The van der Waals surface area contributed by atoms with E-state index in [1.54, 1.807) is 12.1 Å². The number of piperidine rings is 1. The molecule has 0 saturated carbocycles. The van der Waals surface area contributed by atoms with Crippen LogP contribution in [-0.4, -0.2) is 43.9 Å². The molecule has 1 fully saturated rings. The quantitative estimate of drug-likeness (QED) is 0.224.